The largest absolute Gasteiger partial charge is 0.356 e. The van der Waals surface area contributed by atoms with E-state index in [9.17, 15) is 4.79 Å². The normalized spacial score (nSPS) is 16.0. The van der Waals surface area contributed by atoms with E-state index in [1.807, 2.05) is 65.0 Å². The van der Waals surface area contributed by atoms with Crippen LogP contribution in [0.25, 0.3) is 16.6 Å². The number of para-hydroxylation sites is 1. The number of amides is 1. The molecule has 5 heterocycles. The summed E-state index contributed by atoms with van der Waals surface area (Å²) in [7, 11) is 0. The molecule has 1 aliphatic heterocycles. The van der Waals surface area contributed by atoms with Crippen molar-refractivity contribution in [2.75, 3.05) is 6.54 Å². The van der Waals surface area contributed by atoms with Crippen molar-refractivity contribution >= 4 is 22.5 Å². The van der Waals surface area contributed by atoms with Crippen LogP contribution < -0.4 is 0 Å². The third-order valence-electron chi connectivity index (χ3n) is 6.08. The Morgan fingerprint density at radius 1 is 1.06 bits per heavy atom. The van der Waals surface area contributed by atoms with Crippen molar-refractivity contribution in [3.8, 4) is 0 Å². The summed E-state index contributed by atoms with van der Waals surface area (Å²) >= 11 is 0. The first-order valence-electron chi connectivity index (χ1n) is 10.5. The Bertz CT molecular complexity index is 1430. The molecule has 31 heavy (non-hydrogen) atoms. The number of benzene rings is 1. The van der Waals surface area contributed by atoms with Crippen LogP contribution in [-0.4, -0.2) is 36.7 Å². The fourth-order valence-electron chi connectivity index (χ4n) is 4.66. The van der Waals surface area contributed by atoms with Gasteiger partial charge in [-0.25, -0.2) is 4.98 Å². The van der Waals surface area contributed by atoms with Crippen LogP contribution in [0.4, 0.5) is 0 Å². The second-order valence-corrected chi connectivity index (χ2v) is 8.07. The zero-order chi connectivity index (χ0) is 20.9. The Balaban J connectivity index is 1.49. The summed E-state index contributed by atoms with van der Waals surface area (Å²) in [4.78, 5) is 28.4. The Labute approximate surface area is 179 Å². The highest BCUT2D eigenvalue weighted by Crippen LogP contribution is 2.38. The smallest absolute Gasteiger partial charge is 0.274 e. The molecule has 0 saturated carbocycles. The number of pyridine rings is 2. The molecule has 5 aromatic rings. The highest BCUT2D eigenvalue weighted by Gasteiger charge is 2.36. The summed E-state index contributed by atoms with van der Waals surface area (Å²) in [6.07, 6.45) is 6.38. The average Bonchev–Trinajstić information content (AvgIpc) is 3.39. The second kappa shape index (κ2) is 6.80. The fraction of sp³-hybridized carbons (Fsp3) is 0.160. The Kier molecular flexibility index (Phi) is 3.93. The van der Waals surface area contributed by atoms with Gasteiger partial charge in [0.15, 0.2) is 0 Å². The van der Waals surface area contributed by atoms with Crippen LogP contribution in [0.15, 0.2) is 73.2 Å². The fourth-order valence-corrected chi connectivity index (χ4v) is 4.66. The summed E-state index contributed by atoms with van der Waals surface area (Å²) < 4.78 is 1.91. The molecule has 1 amide bonds. The van der Waals surface area contributed by atoms with E-state index in [4.69, 9.17) is 0 Å². The van der Waals surface area contributed by atoms with E-state index < -0.39 is 0 Å². The van der Waals surface area contributed by atoms with Gasteiger partial charge in [-0.1, -0.05) is 30.3 Å². The molecular weight excluding hydrogens is 386 g/mol. The van der Waals surface area contributed by atoms with Crippen LogP contribution >= 0.6 is 0 Å². The molecule has 1 aliphatic rings. The third-order valence-corrected chi connectivity index (χ3v) is 6.08. The molecule has 6 nitrogen and oxygen atoms in total. The minimum absolute atomic E-state index is 0.0821. The Hall–Kier alpha value is -3.93. The monoisotopic (exact) mass is 407 g/mol. The van der Waals surface area contributed by atoms with E-state index in [1.54, 1.807) is 6.20 Å². The van der Waals surface area contributed by atoms with Gasteiger partial charge in [0.25, 0.3) is 5.91 Å². The number of carbonyl (C=O) groups is 1. The zero-order valence-corrected chi connectivity index (χ0v) is 17.1. The number of aryl methyl sites for hydroxylation is 1. The van der Waals surface area contributed by atoms with Gasteiger partial charge in [0.1, 0.15) is 17.4 Å². The van der Waals surface area contributed by atoms with Crippen molar-refractivity contribution in [1.82, 2.24) is 24.3 Å². The molecule has 0 bridgehead atoms. The zero-order valence-electron chi connectivity index (χ0n) is 17.1. The lowest BCUT2D eigenvalue weighted by atomic mass is 9.94. The molecule has 0 radical (unpaired) electrons. The van der Waals surface area contributed by atoms with Crippen LogP contribution in [0.2, 0.25) is 0 Å². The lowest BCUT2D eigenvalue weighted by molar-refractivity contribution is 0.0683. The van der Waals surface area contributed by atoms with Crippen molar-refractivity contribution < 1.29 is 4.79 Å². The number of rotatable bonds is 2. The maximum absolute atomic E-state index is 13.7. The van der Waals surface area contributed by atoms with Crippen LogP contribution in [0, 0.1) is 6.92 Å². The summed E-state index contributed by atoms with van der Waals surface area (Å²) in [5.74, 6) is -0.0821. The van der Waals surface area contributed by atoms with Crippen molar-refractivity contribution in [2.45, 2.75) is 19.4 Å². The van der Waals surface area contributed by atoms with Gasteiger partial charge < -0.3 is 14.3 Å². The minimum Gasteiger partial charge on any atom is -0.356 e. The molecule has 6 rings (SSSR count). The molecule has 0 saturated heterocycles. The predicted molar refractivity (Wildman–Crippen MR) is 119 cm³/mol. The number of hydrogen-bond acceptors (Lipinski definition) is 3. The van der Waals surface area contributed by atoms with Crippen LogP contribution in [-0.2, 0) is 6.42 Å². The van der Waals surface area contributed by atoms with Crippen molar-refractivity contribution in [3.63, 3.8) is 0 Å². The number of H-pyrrole nitrogens is 1. The lowest BCUT2D eigenvalue weighted by Crippen LogP contribution is -2.41. The molecule has 1 N–H and O–H groups in total. The summed E-state index contributed by atoms with van der Waals surface area (Å²) in [6, 6.07) is 17.8. The second-order valence-electron chi connectivity index (χ2n) is 8.07. The number of aromatic nitrogens is 4. The number of nitrogens with zero attached hydrogens (tertiary/aromatic N) is 4. The molecule has 6 heteroatoms. The molecule has 0 fully saturated rings. The first-order chi connectivity index (χ1) is 15.2. The van der Waals surface area contributed by atoms with Gasteiger partial charge in [-0.2, -0.15) is 0 Å². The average molecular weight is 407 g/mol. The van der Waals surface area contributed by atoms with Gasteiger partial charge >= 0.3 is 0 Å². The molecule has 1 atom stereocenters. The van der Waals surface area contributed by atoms with Gasteiger partial charge in [0.2, 0.25) is 0 Å². The van der Waals surface area contributed by atoms with Gasteiger partial charge in [-0.3, -0.25) is 9.78 Å². The molecule has 0 aliphatic carbocycles. The van der Waals surface area contributed by atoms with E-state index in [-0.39, 0.29) is 11.9 Å². The number of fused-ring (bicyclic) bond motifs is 4. The topological polar surface area (TPSA) is 66.3 Å². The van der Waals surface area contributed by atoms with Crippen molar-refractivity contribution in [3.05, 3.63) is 101 Å². The van der Waals surface area contributed by atoms with Crippen LogP contribution in [0.3, 0.4) is 0 Å². The molecule has 0 spiro atoms. The Morgan fingerprint density at radius 2 is 1.94 bits per heavy atom. The molecule has 4 aromatic heterocycles. The van der Waals surface area contributed by atoms with Gasteiger partial charge in [-0.15, -0.1) is 0 Å². The Morgan fingerprint density at radius 3 is 2.81 bits per heavy atom. The first kappa shape index (κ1) is 17.9. The highest BCUT2D eigenvalue weighted by atomic mass is 16.2. The third kappa shape index (κ3) is 2.83. The van der Waals surface area contributed by atoms with E-state index in [2.05, 4.69) is 33.2 Å². The SMILES string of the molecule is Cc1ccc2nc(C(=O)N3CCc4c([nH]c5ccccc45)[C@H]3c3ccccn3)cn2c1. The van der Waals surface area contributed by atoms with E-state index in [0.717, 1.165) is 34.5 Å². The van der Waals surface area contributed by atoms with Crippen LogP contribution in [0.5, 0.6) is 0 Å². The number of imidazole rings is 1. The van der Waals surface area contributed by atoms with E-state index >= 15 is 0 Å². The van der Waals surface area contributed by atoms with Gasteiger partial charge in [0.05, 0.1) is 5.69 Å². The number of nitrogens with one attached hydrogen (secondary N) is 1. The molecule has 152 valence electrons. The maximum atomic E-state index is 13.7. The number of carbonyl (C=O) groups excluding carboxylic acids is 1. The lowest BCUT2D eigenvalue weighted by Gasteiger charge is -2.35. The molecule has 1 aromatic carbocycles. The van der Waals surface area contributed by atoms with Crippen LogP contribution in [0.1, 0.15) is 39.0 Å². The van der Waals surface area contributed by atoms with Crippen molar-refractivity contribution in [1.29, 1.82) is 0 Å². The molecular formula is C25H21N5O. The number of hydrogen-bond donors (Lipinski definition) is 1. The molecule has 0 unspecified atom stereocenters. The standard InChI is InChI=1S/C25H21N5O/c1-16-9-10-22-27-21(15-29(22)14-16)25(31)30-13-11-18-17-6-2-3-7-19(17)28-23(18)24(30)20-8-4-5-12-26-20/h2-10,12,14-15,24,28H,11,13H2,1H3/t24-/m1/s1. The maximum Gasteiger partial charge on any atom is 0.274 e. The first-order valence-corrected chi connectivity index (χ1v) is 10.5. The van der Waals surface area contributed by atoms with Gasteiger partial charge in [-0.05, 0) is 48.7 Å². The summed E-state index contributed by atoms with van der Waals surface area (Å²) in [6.45, 7) is 2.64. The minimum atomic E-state index is -0.281. The van der Waals surface area contributed by atoms with E-state index in [1.165, 1.54) is 10.9 Å². The summed E-state index contributed by atoms with van der Waals surface area (Å²) in [5.41, 5.74) is 6.59. The number of aromatic amines is 1. The van der Waals surface area contributed by atoms with E-state index in [0.29, 0.717) is 12.2 Å². The van der Waals surface area contributed by atoms with Crippen molar-refractivity contribution in [2.24, 2.45) is 0 Å². The highest BCUT2D eigenvalue weighted by molar-refractivity contribution is 5.94. The quantitative estimate of drug-likeness (QED) is 0.474. The summed E-state index contributed by atoms with van der Waals surface area (Å²) in [5, 5.41) is 1.22. The predicted octanol–water partition coefficient (Wildman–Crippen LogP) is 4.31. The van der Waals surface area contributed by atoms with Gasteiger partial charge in [0, 0.05) is 41.7 Å².